The van der Waals surface area contributed by atoms with Gasteiger partial charge in [-0.25, -0.2) is 8.42 Å². The van der Waals surface area contributed by atoms with Crippen LogP contribution in [0.5, 0.6) is 0 Å². The smallest absolute Gasteiger partial charge is 0.227 e. The molecule has 1 aliphatic heterocycles. The van der Waals surface area contributed by atoms with Crippen molar-refractivity contribution in [3.63, 3.8) is 0 Å². The molecule has 5 nitrogen and oxygen atoms in total. The number of carbonyl (C=O) groups excluding carboxylic acids is 1. The summed E-state index contributed by atoms with van der Waals surface area (Å²) in [6.45, 7) is 1.12. The molecule has 1 amide bonds. The van der Waals surface area contributed by atoms with Crippen LogP contribution in [0.1, 0.15) is 50.5 Å². The van der Waals surface area contributed by atoms with Crippen LogP contribution in [-0.4, -0.2) is 37.0 Å². The summed E-state index contributed by atoms with van der Waals surface area (Å²) < 4.78 is 27.4. The van der Waals surface area contributed by atoms with Gasteiger partial charge in [-0.2, -0.15) is 4.31 Å². The van der Waals surface area contributed by atoms with Crippen molar-refractivity contribution >= 4 is 15.9 Å². The van der Waals surface area contributed by atoms with Gasteiger partial charge in [-0.3, -0.25) is 4.79 Å². The third kappa shape index (κ3) is 3.41. The van der Waals surface area contributed by atoms with Crippen LogP contribution in [0, 0.1) is 11.3 Å². The second-order valence-electron chi connectivity index (χ2n) is 8.17. The van der Waals surface area contributed by atoms with E-state index in [0.29, 0.717) is 18.9 Å². The Morgan fingerprint density at radius 3 is 2.62 bits per heavy atom. The maximum Gasteiger partial charge on any atom is 0.227 e. The molecule has 3 fully saturated rings. The van der Waals surface area contributed by atoms with Crippen molar-refractivity contribution in [2.45, 2.75) is 57.5 Å². The lowest BCUT2D eigenvalue weighted by molar-refractivity contribution is -0.137. The molecule has 2 aliphatic carbocycles. The number of hydrogen-bond acceptors (Lipinski definition) is 3. The topological polar surface area (TPSA) is 66.5 Å². The van der Waals surface area contributed by atoms with Crippen LogP contribution in [0.15, 0.2) is 30.3 Å². The molecule has 1 saturated heterocycles. The number of nitrogens with zero attached hydrogens (tertiary/aromatic N) is 1. The number of rotatable bonds is 5. The summed E-state index contributed by atoms with van der Waals surface area (Å²) in [5, 5.41) is 3.16. The summed E-state index contributed by atoms with van der Waals surface area (Å²) in [4.78, 5) is 13.2. The molecule has 3 aliphatic rings. The van der Waals surface area contributed by atoms with E-state index in [-0.39, 0.29) is 17.7 Å². The van der Waals surface area contributed by atoms with Crippen molar-refractivity contribution < 1.29 is 13.2 Å². The van der Waals surface area contributed by atoms with Gasteiger partial charge < -0.3 is 5.32 Å². The quantitative estimate of drug-likeness (QED) is 0.859. The zero-order chi connectivity index (χ0) is 18.2. The molecule has 0 unspecified atom stereocenters. The summed E-state index contributed by atoms with van der Waals surface area (Å²) in [5.74, 6) is 0.792. The molecular formula is C20H28N2O3S. The van der Waals surface area contributed by atoms with E-state index >= 15 is 0 Å². The first kappa shape index (κ1) is 18.0. The first-order chi connectivity index (χ1) is 12.5. The minimum Gasteiger partial charge on any atom is -0.355 e. The predicted octanol–water partition coefficient (Wildman–Crippen LogP) is 2.68. The van der Waals surface area contributed by atoms with Gasteiger partial charge in [0, 0.05) is 19.1 Å². The fourth-order valence-electron chi connectivity index (χ4n) is 4.64. The summed E-state index contributed by atoms with van der Waals surface area (Å²) >= 11 is 0. The molecule has 0 radical (unpaired) electrons. The highest BCUT2D eigenvalue weighted by molar-refractivity contribution is 7.89. The Bertz CT molecular complexity index is 761. The van der Waals surface area contributed by atoms with Gasteiger partial charge in [0.15, 0.2) is 0 Å². The highest BCUT2D eigenvalue weighted by atomic mass is 32.2. The van der Waals surface area contributed by atoms with Crippen molar-refractivity contribution in [2.75, 3.05) is 12.3 Å². The Balaban J connectivity index is 1.61. The molecule has 0 aromatic heterocycles. The summed E-state index contributed by atoms with van der Waals surface area (Å²) in [6.07, 6.45) is 6.44. The van der Waals surface area contributed by atoms with Crippen LogP contribution in [0.25, 0.3) is 0 Å². The molecule has 0 bridgehead atoms. The minimum atomic E-state index is -3.33. The highest BCUT2D eigenvalue weighted by Gasteiger charge is 2.55. The maximum absolute atomic E-state index is 13.2. The average Bonchev–Trinajstić information content (AvgIpc) is 3.47. The molecule has 0 spiro atoms. The van der Waals surface area contributed by atoms with E-state index in [0.717, 1.165) is 37.8 Å². The van der Waals surface area contributed by atoms with Gasteiger partial charge >= 0.3 is 0 Å². The van der Waals surface area contributed by atoms with Gasteiger partial charge in [-0.1, -0.05) is 43.2 Å². The molecule has 2 atom stereocenters. The summed E-state index contributed by atoms with van der Waals surface area (Å²) in [6, 6.07) is 9.51. The number of fused-ring (bicyclic) bond motifs is 1. The summed E-state index contributed by atoms with van der Waals surface area (Å²) in [5.41, 5.74) is 0.434. The molecule has 4 rings (SSSR count). The van der Waals surface area contributed by atoms with Crippen LogP contribution in [0.4, 0.5) is 0 Å². The zero-order valence-electron chi connectivity index (χ0n) is 15.2. The number of amides is 1. The highest BCUT2D eigenvalue weighted by Crippen LogP contribution is 2.47. The number of carbonyl (C=O) groups is 1. The van der Waals surface area contributed by atoms with Crippen molar-refractivity contribution in [1.29, 1.82) is 0 Å². The van der Waals surface area contributed by atoms with E-state index in [1.54, 1.807) is 4.31 Å². The molecule has 2 saturated carbocycles. The van der Waals surface area contributed by atoms with Crippen molar-refractivity contribution in [3.05, 3.63) is 35.9 Å². The van der Waals surface area contributed by atoms with E-state index < -0.39 is 15.4 Å². The van der Waals surface area contributed by atoms with Crippen LogP contribution in [-0.2, 0) is 21.4 Å². The number of sulfonamides is 1. The maximum atomic E-state index is 13.2. The number of nitrogens with one attached hydrogen (secondary N) is 1. The third-order valence-corrected chi connectivity index (χ3v) is 8.20. The first-order valence-electron chi connectivity index (χ1n) is 9.83. The molecule has 142 valence electrons. The van der Waals surface area contributed by atoms with E-state index in [1.165, 1.54) is 12.8 Å². The average molecular weight is 377 g/mol. The van der Waals surface area contributed by atoms with Crippen LogP contribution in [0.3, 0.4) is 0 Å². The van der Waals surface area contributed by atoms with Gasteiger partial charge in [-0.05, 0) is 43.6 Å². The SMILES string of the molecule is O=C(NCC1CC1)[C@@]12CCCC[C@H]1N(Cc1ccccc1)S(=O)(=O)CC2. The number of benzene rings is 1. The Labute approximate surface area is 156 Å². The first-order valence-corrected chi connectivity index (χ1v) is 11.4. The predicted molar refractivity (Wildman–Crippen MR) is 101 cm³/mol. The van der Waals surface area contributed by atoms with E-state index in [2.05, 4.69) is 5.32 Å². The molecule has 1 aromatic carbocycles. The van der Waals surface area contributed by atoms with Crippen LogP contribution < -0.4 is 5.32 Å². The molecule has 6 heteroatoms. The molecule has 1 aromatic rings. The van der Waals surface area contributed by atoms with Gasteiger partial charge in [0.25, 0.3) is 0 Å². The second-order valence-corrected chi connectivity index (χ2v) is 10.2. The Morgan fingerprint density at radius 1 is 1.12 bits per heavy atom. The van der Waals surface area contributed by atoms with E-state index in [4.69, 9.17) is 0 Å². The second kappa shape index (κ2) is 6.97. The van der Waals surface area contributed by atoms with Crippen LogP contribution >= 0.6 is 0 Å². The molecule has 1 heterocycles. The van der Waals surface area contributed by atoms with Crippen molar-refractivity contribution in [3.8, 4) is 0 Å². The standard InChI is InChI=1S/C20H28N2O3S/c23-19(21-14-16-9-10-16)20-11-5-4-8-18(20)22(26(24,25)13-12-20)15-17-6-2-1-3-7-17/h1-3,6-7,16,18H,4-5,8-15H2,(H,21,23)/t18-,20-/m1/s1. The van der Waals surface area contributed by atoms with Crippen molar-refractivity contribution in [2.24, 2.45) is 11.3 Å². The van der Waals surface area contributed by atoms with Crippen LogP contribution in [0.2, 0.25) is 0 Å². The normalized spacial score (nSPS) is 31.2. The van der Waals surface area contributed by atoms with Crippen molar-refractivity contribution in [1.82, 2.24) is 9.62 Å². The zero-order valence-corrected chi connectivity index (χ0v) is 16.0. The largest absolute Gasteiger partial charge is 0.355 e. The molecule has 26 heavy (non-hydrogen) atoms. The Morgan fingerprint density at radius 2 is 1.88 bits per heavy atom. The monoisotopic (exact) mass is 376 g/mol. The third-order valence-electron chi connectivity index (χ3n) is 6.38. The Hall–Kier alpha value is -1.40. The van der Waals surface area contributed by atoms with Gasteiger partial charge in [-0.15, -0.1) is 0 Å². The number of hydrogen-bond donors (Lipinski definition) is 1. The minimum absolute atomic E-state index is 0.0766. The summed E-state index contributed by atoms with van der Waals surface area (Å²) in [7, 11) is -3.33. The lowest BCUT2D eigenvalue weighted by Gasteiger charge is -2.50. The fraction of sp³-hybridized carbons (Fsp3) is 0.650. The van der Waals surface area contributed by atoms with Gasteiger partial charge in [0.1, 0.15) is 0 Å². The van der Waals surface area contributed by atoms with Gasteiger partial charge in [0.05, 0.1) is 11.2 Å². The van der Waals surface area contributed by atoms with E-state index in [9.17, 15) is 13.2 Å². The molecule has 1 N–H and O–H groups in total. The lowest BCUT2D eigenvalue weighted by Crippen LogP contribution is -2.62. The van der Waals surface area contributed by atoms with Gasteiger partial charge in [0.2, 0.25) is 15.9 Å². The molecular weight excluding hydrogens is 348 g/mol. The Kier molecular flexibility index (Phi) is 4.82. The van der Waals surface area contributed by atoms with E-state index in [1.807, 2.05) is 30.3 Å². The lowest BCUT2D eigenvalue weighted by atomic mass is 9.67. The fourth-order valence-corrected chi connectivity index (χ4v) is 6.54.